The molecule has 1 aliphatic heterocycles. The summed E-state index contributed by atoms with van der Waals surface area (Å²) in [7, 11) is 0. The van der Waals surface area contributed by atoms with Gasteiger partial charge in [-0.1, -0.05) is 19.8 Å². The highest BCUT2D eigenvalue weighted by Gasteiger charge is 2.36. The molecule has 1 heteroatoms. The summed E-state index contributed by atoms with van der Waals surface area (Å²) in [5.41, 5.74) is 0.342. The lowest BCUT2D eigenvalue weighted by atomic mass is 9.78. The van der Waals surface area contributed by atoms with Crippen LogP contribution in [0.4, 0.5) is 0 Å². The van der Waals surface area contributed by atoms with Crippen LogP contribution in [0, 0.1) is 17.8 Å². The molecular weight excluding hydrogens is 98.1 g/mol. The van der Waals surface area contributed by atoms with Crippen LogP contribution in [-0.4, -0.2) is 12.6 Å². The fourth-order valence-electron chi connectivity index (χ4n) is 0.897. The molecule has 0 aromatic carbocycles. The van der Waals surface area contributed by atoms with Gasteiger partial charge in [0.2, 0.25) is 0 Å². The van der Waals surface area contributed by atoms with Crippen LogP contribution in [0.5, 0.6) is 0 Å². The van der Waals surface area contributed by atoms with Crippen molar-refractivity contribution in [2.45, 2.75) is 19.9 Å². The zero-order chi connectivity index (χ0) is 6.20. The highest BCUT2D eigenvalue weighted by molar-refractivity contribution is 5.12. The molecule has 1 aliphatic rings. The smallest absolute Gasteiger partial charge is 0.0751 e. The Labute approximate surface area is 50.5 Å². The van der Waals surface area contributed by atoms with Crippen molar-refractivity contribution in [3.8, 4) is 12.3 Å². The second-order valence-corrected chi connectivity index (χ2v) is 2.97. The summed E-state index contributed by atoms with van der Waals surface area (Å²) in [6.45, 7) is 5.41. The highest BCUT2D eigenvalue weighted by atomic mass is 15.0. The lowest BCUT2D eigenvalue weighted by Gasteiger charge is -2.42. The van der Waals surface area contributed by atoms with Gasteiger partial charge in [-0.05, 0) is 0 Å². The van der Waals surface area contributed by atoms with E-state index in [2.05, 4.69) is 25.1 Å². The number of nitrogens with one attached hydrogen (secondary N) is 1. The number of rotatable bonds is 0. The standard InChI is InChI=1S/C7H11N/c1-4-6-7(2,3)5-8-6/h1,6,8H,5H2,2-3H3. The summed E-state index contributed by atoms with van der Waals surface area (Å²) < 4.78 is 0. The molecule has 44 valence electrons. The van der Waals surface area contributed by atoms with Crippen LogP contribution in [-0.2, 0) is 0 Å². The predicted molar refractivity (Wildman–Crippen MR) is 34.4 cm³/mol. The van der Waals surface area contributed by atoms with Crippen molar-refractivity contribution in [1.29, 1.82) is 0 Å². The zero-order valence-corrected chi connectivity index (χ0v) is 5.36. The zero-order valence-electron chi connectivity index (χ0n) is 5.36. The average molecular weight is 109 g/mol. The van der Waals surface area contributed by atoms with Crippen LogP contribution in [0.3, 0.4) is 0 Å². The van der Waals surface area contributed by atoms with E-state index in [1.165, 1.54) is 0 Å². The molecule has 0 spiro atoms. The second kappa shape index (κ2) is 1.50. The van der Waals surface area contributed by atoms with Gasteiger partial charge in [-0.2, -0.15) is 0 Å². The van der Waals surface area contributed by atoms with E-state index < -0.39 is 0 Å². The monoisotopic (exact) mass is 109 g/mol. The third kappa shape index (κ3) is 0.617. The van der Waals surface area contributed by atoms with Gasteiger partial charge in [-0.25, -0.2) is 0 Å². The van der Waals surface area contributed by atoms with Crippen LogP contribution in [0.2, 0.25) is 0 Å². The van der Waals surface area contributed by atoms with Crippen molar-refractivity contribution in [3.63, 3.8) is 0 Å². The van der Waals surface area contributed by atoms with Gasteiger partial charge < -0.3 is 5.32 Å². The fourth-order valence-corrected chi connectivity index (χ4v) is 0.897. The van der Waals surface area contributed by atoms with E-state index in [4.69, 9.17) is 6.42 Å². The van der Waals surface area contributed by atoms with Crippen molar-refractivity contribution in [3.05, 3.63) is 0 Å². The van der Waals surface area contributed by atoms with Gasteiger partial charge in [0.1, 0.15) is 0 Å². The van der Waals surface area contributed by atoms with Crippen LogP contribution < -0.4 is 5.32 Å². The van der Waals surface area contributed by atoms with E-state index in [9.17, 15) is 0 Å². The van der Waals surface area contributed by atoms with Crippen LogP contribution in [0.25, 0.3) is 0 Å². The van der Waals surface area contributed by atoms with Crippen molar-refractivity contribution >= 4 is 0 Å². The van der Waals surface area contributed by atoms with Crippen LogP contribution in [0.15, 0.2) is 0 Å². The Morgan fingerprint density at radius 2 is 2.38 bits per heavy atom. The minimum Gasteiger partial charge on any atom is -0.303 e. The van der Waals surface area contributed by atoms with Gasteiger partial charge in [0, 0.05) is 12.0 Å². The molecule has 1 fully saturated rings. The molecule has 0 aliphatic carbocycles. The Kier molecular flexibility index (Phi) is 1.06. The van der Waals surface area contributed by atoms with Gasteiger partial charge >= 0.3 is 0 Å². The van der Waals surface area contributed by atoms with Gasteiger partial charge in [0.15, 0.2) is 0 Å². The van der Waals surface area contributed by atoms with Gasteiger partial charge in [0.25, 0.3) is 0 Å². The summed E-state index contributed by atoms with van der Waals surface area (Å²) in [6, 6.07) is 0.308. The Balaban J connectivity index is 2.53. The van der Waals surface area contributed by atoms with Gasteiger partial charge in [-0.15, -0.1) is 6.42 Å². The molecule has 1 rings (SSSR count). The molecule has 0 aromatic rings. The molecule has 0 aromatic heterocycles. The topological polar surface area (TPSA) is 12.0 Å². The third-order valence-corrected chi connectivity index (χ3v) is 1.71. The Morgan fingerprint density at radius 3 is 2.38 bits per heavy atom. The Hall–Kier alpha value is -0.480. The Morgan fingerprint density at radius 1 is 1.75 bits per heavy atom. The maximum Gasteiger partial charge on any atom is 0.0751 e. The number of terminal acetylenes is 1. The van der Waals surface area contributed by atoms with Gasteiger partial charge in [0.05, 0.1) is 6.04 Å². The predicted octanol–water partition coefficient (Wildman–Crippen LogP) is 0.618. The molecule has 1 atom stereocenters. The first-order valence-corrected chi connectivity index (χ1v) is 2.86. The summed E-state index contributed by atoms with van der Waals surface area (Å²) in [6.07, 6.45) is 5.20. The minimum absolute atomic E-state index is 0.308. The van der Waals surface area contributed by atoms with E-state index in [1.807, 2.05) is 0 Å². The van der Waals surface area contributed by atoms with Crippen molar-refractivity contribution < 1.29 is 0 Å². The molecule has 0 amide bonds. The normalized spacial score (nSPS) is 32.9. The second-order valence-electron chi connectivity index (χ2n) is 2.97. The lowest BCUT2D eigenvalue weighted by Crippen LogP contribution is -2.58. The molecule has 8 heavy (non-hydrogen) atoms. The molecule has 1 N–H and O–H groups in total. The molecular formula is C7H11N. The molecule has 1 nitrogen and oxygen atoms in total. The fraction of sp³-hybridized carbons (Fsp3) is 0.714. The first-order chi connectivity index (χ1) is 3.67. The summed E-state index contributed by atoms with van der Waals surface area (Å²) in [5, 5.41) is 3.15. The lowest BCUT2D eigenvalue weighted by molar-refractivity contribution is 0.173. The molecule has 1 heterocycles. The quantitative estimate of drug-likeness (QED) is 0.450. The molecule has 0 bridgehead atoms. The maximum atomic E-state index is 5.20. The van der Waals surface area contributed by atoms with Crippen LogP contribution >= 0.6 is 0 Å². The van der Waals surface area contributed by atoms with Crippen molar-refractivity contribution in [1.82, 2.24) is 5.32 Å². The highest BCUT2D eigenvalue weighted by Crippen LogP contribution is 2.26. The van der Waals surface area contributed by atoms with Crippen molar-refractivity contribution in [2.75, 3.05) is 6.54 Å². The summed E-state index contributed by atoms with van der Waals surface area (Å²) in [4.78, 5) is 0. The summed E-state index contributed by atoms with van der Waals surface area (Å²) >= 11 is 0. The minimum atomic E-state index is 0.308. The maximum absolute atomic E-state index is 5.20. The average Bonchev–Trinajstić information content (AvgIpc) is 1.66. The van der Waals surface area contributed by atoms with Gasteiger partial charge in [-0.3, -0.25) is 0 Å². The summed E-state index contributed by atoms with van der Waals surface area (Å²) in [5.74, 6) is 2.68. The number of hydrogen-bond acceptors (Lipinski definition) is 1. The number of hydrogen-bond donors (Lipinski definition) is 1. The Bertz CT molecular complexity index is 130. The SMILES string of the molecule is C#CC1NCC1(C)C. The first kappa shape index (κ1) is 5.65. The molecule has 0 saturated carbocycles. The van der Waals surface area contributed by atoms with E-state index in [0.717, 1.165) is 6.54 Å². The van der Waals surface area contributed by atoms with E-state index in [1.54, 1.807) is 0 Å². The largest absolute Gasteiger partial charge is 0.303 e. The van der Waals surface area contributed by atoms with Crippen molar-refractivity contribution in [2.24, 2.45) is 5.41 Å². The van der Waals surface area contributed by atoms with E-state index in [-0.39, 0.29) is 0 Å². The molecule has 1 unspecified atom stereocenters. The first-order valence-electron chi connectivity index (χ1n) is 2.86. The van der Waals surface area contributed by atoms with Crippen LogP contribution in [0.1, 0.15) is 13.8 Å². The van der Waals surface area contributed by atoms with E-state index >= 15 is 0 Å². The molecule has 0 radical (unpaired) electrons. The molecule has 1 saturated heterocycles. The van der Waals surface area contributed by atoms with E-state index in [0.29, 0.717) is 11.5 Å². The third-order valence-electron chi connectivity index (χ3n) is 1.71.